The number of hydrogen-bond donors (Lipinski definition) is 0. The van der Waals surface area contributed by atoms with E-state index < -0.39 is 0 Å². The molecule has 1 nitrogen and oxygen atoms in total. The zero-order valence-electron chi connectivity index (χ0n) is 10.3. The molecule has 1 unspecified atom stereocenters. The van der Waals surface area contributed by atoms with Gasteiger partial charge in [-0.15, -0.1) is 0 Å². The molecule has 1 aliphatic rings. The molecule has 0 heterocycles. The fourth-order valence-electron chi connectivity index (χ4n) is 2.41. The quantitative estimate of drug-likeness (QED) is 0.640. The van der Waals surface area contributed by atoms with Gasteiger partial charge in [0.2, 0.25) is 0 Å². The standard InChI is InChI=1S/C14H22O/c1-5-13(15)8-6-7-12-9-11(2)10-14(12,3)4/h6-8,11H,5,9-10H2,1-4H3. The van der Waals surface area contributed by atoms with Gasteiger partial charge in [0.15, 0.2) is 5.78 Å². The zero-order valence-corrected chi connectivity index (χ0v) is 10.3. The highest BCUT2D eigenvalue weighted by Gasteiger charge is 2.32. The van der Waals surface area contributed by atoms with E-state index >= 15 is 0 Å². The molecule has 1 rings (SSSR count). The molecular formula is C14H22O. The van der Waals surface area contributed by atoms with Crippen LogP contribution in [0.25, 0.3) is 0 Å². The molecule has 1 heteroatoms. The van der Waals surface area contributed by atoms with Crippen LogP contribution in [0, 0.1) is 11.3 Å². The van der Waals surface area contributed by atoms with E-state index in [1.54, 1.807) is 6.08 Å². The lowest BCUT2D eigenvalue weighted by atomic mass is 9.86. The third-order valence-corrected chi connectivity index (χ3v) is 3.22. The minimum atomic E-state index is 0.204. The van der Waals surface area contributed by atoms with E-state index in [1.165, 1.54) is 18.4 Å². The molecule has 1 atom stereocenters. The average Bonchev–Trinajstić information content (AvgIpc) is 2.39. The lowest BCUT2D eigenvalue weighted by Gasteiger charge is -2.19. The van der Waals surface area contributed by atoms with E-state index in [-0.39, 0.29) is 5.78 Å². The first-order chi connectivity index (χ1) is 6.95. The third-order valence-electron chi connectivity index (χ3n) is 3.22. The molecular weight excluding hydrogens is 184 g/mol. The van der Waals surface area contributed by atoms with Crippen molar-refractivity contribution >= 4 is 5.78 Å². The van der Waals surface area contributed by atoms with Crippen LogP contribution in [0.3, 0.4) is 0 Å². The summed E-state index contributed by atoms with van der Waals surface area (Å²) in [6.07, 6.45) is 8.77. The lowest BCUT2D eigenvalue weighted by molar-refractivity contribution is -0.114. The molecule has 0 N–H and O–H groups in total. The predicted octanol–water partition coefficient (Wildman–Crippen LogP) is 3.90. The van der Waals surface area contributed by atoms with Crippen LogP contribution in [0.1, 0.15) is 47.0 Å². The number of hydrogen-bond acceptors (Lipinski definition) is 1. The summed E-state index contributed by atoms with van der Waals surface area (Å²) in [6.45, 7) is 8.76. The SMILES string of the molecule is CCC(=O)C=CC=C1CC(C)CC1(C)C. The molecule has 0 radical (unpaired) electrons. The van der Waals surface area contributed by atoms with Crippen LogP contribution in [0.5, 0.6) is 0 Å². The van der Waals surface area contributed by atoms with Gasteiger partial charge in [-0.3, -0.25) is 4.79 Å². The molecule has 1 aliphatic carbocycles. The van der Waals surface area contributed by atoms with E-state index in [9.17, 15) is 4.79 Å². The second-order valence-electron chi connectivity index (χ2n) is 5.27. The van der Waals surface area contributed by atoms with Gasteiger partial charge < -0.3 is 0 Å². The molecule has 0 aromatic rings. The summed E-state index contributed by atoms with van der Waals surface area (Å²) >= 11 is 0. The van der Waals surface area contributed by atoms with E-state index in [4.69, 9.17) is 0 Å². The Morgan fingerprint density at radius 2 is 2.20 bits per heavy atom. The normalized spacial score (nSPS) is 27.7. The Labute approximate surface area is 93.3 Å². The van der Waals surface area contributed by atoms with Crippen molar-refractivity contribution in [2.45, 2.75) is 47.0 Å². The van der Waals surface area contributed by atoms with Gasteiger partial charge in [-0.25, -0.2) is 0 Å². The molecule has 1 fully saturated rings. The van der Waals surface area contributed by atoms with Crippen molar-refractivity contribution in [1.29, 1.82) is 0 Å². The van der Waals surface area contributed by atoms with Gasteiger partial charge in [0.1, 0.15) is 0 Å². The molecule has 0 amide bonds. The minimum Gasteiger partial charge on any atom is -0.295 e. The monoisotopic (exact) mass is 206 g/mol. The van der Waals surface area contributed by atoms with Gasteiger partial charge in [0.05, 0.1) is 0 Å². The summed E-state index contributed by atoms with van der Waals surface area (Å²) in [5, 5.41) is 0. The first-order valence-electron chi connectivity index (χ1n) is 5.86. The predicted molar refractivity (Wildman–Crippen MR) is 64.7 cm³/mol. The van der Waals surface area contributed by atoms with E-state index in [1.807, 2.05) is 13.0 Å². The Kier molecular flexibility index (Phi) is 3.90. The lowest BCUT2D eigenvalue weighted by Crippen LogP contribution is -2.07. The summed E-state index contributed by atoms with van der Waals surface area (Å²) in [4.78, 5) is 11.1. The summed E-state index contributed by atoms with van der Waals surface area (Å²) in [5.41, 5.74) is 1.80. The van der Waals surface area contributed by atoms with Crippen LogP contribution < -0.4 is 0 Å². The van der Waals surface area contributed by atoms with Gasteiger partial charge in [-0.05, 0) is 30.3 Å². The Bertz CT molecular complexity index is 294. The number of ketones is 1. The smallest absolute Gasteiger partial charge is 0.155 e. The first kappa shape index (κ1) is 12.2. The van der Waals surface area contributed by atoms with Crippen LogP contribution >= 0.6 is 0 Å². The van der Waals surface area contributed by atoms with Gasteiger partial charge in [-0.2, -0.15) is 0 Å². The maximum atomic E-state index is 11.1. The Morgan fingerprint density at radius 3 is 2.67 bits per heavy atom. The minimum absolute atomic E-state index is 0.204. The fourth-order valence-corrected chi connectivity index (χ4v) is 2.41. The number of carbonyl (C=O) groups is 1. The van der Waals surface area contributed by atoms with Crippen molar-refractivity contribution in [3.8, 4) is 0 Å². The number of allylic oxidation sites excluding steroid dienone is 4. The van der Waals surface area contributed by atoms with Crippen LogP contribution in [0.15, 0.2) is 23.8 Å². The van der Waals surface area contributed by atoms with Crippen molar-refractivity contribution in [3.63, 3.8) is 0 Å². The van der Waals surface area contributed by atoms with Crippen molar-refractivity contribution < 1.29 is 4.79 Å². The van der Waals surface area contributed by atoms with Gasteiger partial charge >= 0.3 is 0 Å². The molecule has 0 aliphatic heterocycles. The van der Waals surface area contributed by atoms with Gasteiger partial charge in [-0.1, -0.05) is 45.4 Å². The fraction of sp³-hybridized carbons (Fsp3) is 0.643. The van der Waals surface area contributed by atoms with Crippen molar-refractivity contribution in [2.24, 2.45) is 11.3 Å². The van der Waals surface area contributed by atoms with Gasteiger partial charge in [0.25, 0.3) is 0 Å². The zero-order chi connectivity index (χ0) is 11.5. The van der Waals surface area contributed by atoms with Crippen LogP contribution in [-0.4, -0.2) is 5.78 Å². The number of carbonyl (C=O) groups excluding carboxylic acids is 1. The maximum absolute atomic E-state index is 11.1. The Balaban J connectivity index is 2.68. The van der Waals surface area contributed by atoms with Crippen molar-refractivity contribution in [3.05, 3.63) is 23.8 Å². The summed E-state index contributed by atoms with van der Waals surface area (Å²) < 4.78 is 0. The third kappa shape index (κ3) is 3.33. The van der Waals surface area contributed by atoms with Gasteiger partial charge in [0, 0.05) is 6.42 Å². The summed E-state index contributed by atoms with van der Waals surface area (Å²) in [7, 11) is 0. The highest BCUT2D eigenvalue weighted by Crippen LogP contribution is 2.45. The van der Waals surface area contributed by atoms with Crippen molar-refractivity contribution in [2.75, 3.05) is 0 Å². The summed E-state index contributed by atoms with van der Waals surface area (Å²) in [6, 6.07) is 0. The molecule has 0 spiro atoms. The van der Waals surface area contributed by atoms with Crippen LogP contribution in [0.4, 0.5) is 0 Å². The molecule has 0 aromatic heterocycles. The second kappa shape index (κ2) is 4.78. The number of rotatable bonds is 3. The Hall–Kier alpha value is -0.850. The second-order valence-corrected chi connectivity index (χ2v) is 5.27. The molecule has 0 aromatic carbocycles. The maximum Gasteiger partial charge on any atom is 0.155 e. The molecule has 0 bridgehead atoms. The molecule has 15 heavy (non-hydrogen) atoms. The van der Waals surface area contributed by atoms with E-state index in [0.717, 1.165) is 5.92 Å². The van der Waals surface area contributed by atoms with E-state index in [0.29, 0.717) is 11.8 Å². The average molecular weight is 206 g/mol. The Morgan fingerprint density at radius 1 is 1.53 bits per heavy atom. The topological polar surface area (TPSA) is 17.1 Å². The highest BCUT2D eigenvalue weighted by atomic mass is 16.1. The highest BCUT2D eigenvalue weighted by molar-refractivity contribution is 5.89. The first-order valence-corrected chi connectivity index (χ1v) is 5.86. The molecule has 0 saturated heterocycles. The largest absolute Gasteiger partial charge is 0.295 e. The van der Waals surface area contributed by atoms with Crippen LogP contribution in [-0.2, 0) is 4.79 Å². The molecule has 1 saturated carbocycles. The van der Waals surface area contributed by atoms with Crippen molar-refractivity contribution in [1.82, 2.24) is 0 Å². The molecule has 84 valence electrons. The van der Waals surface area contributed by atoms with E-state index in [2.05, 4.69) is 26.8 Å². The summed E-state index contributed by atoms with van der Waals surface area (Å²) in [5.74, 6) is 0.984. The van der Waals surface area contributed by atoms with Crippen LogP contribution in [0.2, 0.25) is 0 Å².